The summed E-state index contributed by atoms with van der Waals surface area (Å²) >= 11 is 0. The van der Waals surface area contributed by atoms with E-state index >= 15 is 0 Å². The molecule has 5 nitrogen and oxygen atoms in total. The summed E-state index contributed by atoms with van der Waals surface area (Å²) in [7, 11) is 3.86. The van der Waals surface area contributed by atoms with Crippen molar-refractivity contribution in [2.75, 3.05) is 32.1 Å². The van der Waals surface area contributed by atoms with Gasteiger partial charge in [-0.3, -0.25) is 0 Å². The van der Waals surface area contributed by atoms with Crippen molar-refractivity contribution in [2.45, 2.75) is 6.42 Å². The number of fused-ring (bicyclic) bond motifs is 1. The highest BCUT2D eigenvalue weighted by molar-refractivity contribution is 5.97. The van der Waals surface area contributed by atoms with Crippen LogP contribution in [0.4, 0.5) is 5.82 Å². The van der Waals surface area contributed by atoms with Crippen LogP contribution in [-0.2, 0) is 0 Å². The van der Waals surface area contributed by atoms with Gasteiger partial charge in [-0.1, -0.05) is 24.3 Å². The third-order valence-electron chi connectivity index (χ3n) is 3.22. The number of hydrogen-bond acceptors (Lipinski definition) is 4. The minimum absolute atomic E-state index is 0.0826. The van der Waals surface area contributed by atoms with Crippen molar-refractivity contribution < 1.29 is 9.90 Å². The first kappa shape index (κ1) is 14.3. The van der Waals surface area contributed by atoms with Crippen molar-refractivity contribution in [1.82, 2.24) is 10.3 Å². The van der Waals surface area contributed by atoms with E-state index in [1.54, 1.807) is 6.07 Å². The zero-order valence-electron chi connectivity index (χ0n) is 11.8. The molecule has 1 heterocycles. The number of rotatable bonds is 6. The number of nitrogens with zero attached hydrogens (tertiary/aromatic N) is 2. The summed E-state index contributed by atoms with van der Waals surface area (Å²) in [6.45, 7) is 1.74. The van der Waals surface area contributed by atoms with E-state index in [0.29, 0.717) is 0 Å². The number of aromatic nitrogens is 1. The van der Waals surface area contributed by atoms with Crippen LogP contribution in [0.5, 0.6) is 0 Å². The quantitative estimate of drug-likeness (QED) is 0.788. The van der Waals surface area contributed by atoms with Crippen molar-refractivity contribution in [3.05, 3.63) is 36.0 Å². The second-order valence-electron chi connectivity index (χ2n) is 4.74. The molecular weight excluding hydrogens is 254 g/mol. The van der Waals surface area contributed by atoms with Gasteiger partial charge >= 0.3 is 5.97 Å². The molecule has 2 rings (SSSR count). The first-order valence-corrected chi connectivity index (χ1v) is 6.62. The molecule has 2 N–H and O–H groups in total. The summed E-state index contributed by atoms with van der Waals surface area (Å²) in [6.07, 6.45) is 0.973. The highest BCUT2D eigenvalue weighted by atomic mass is 16.4. The van der Waals surface area contributed by atoms with Crippen LogP contribution in [0.2, 0.25) is 0 Å². The molecule has 0 aliphatic heterocycles. The van der Waals surface area contributed by atoms with Crippen LogP contribution in [-0.4, -0.2) is 43.2 Å². The molecule has 0 saturated carbocycles. The van der Waals surface area contributed by atoms with E-state index in [2.05, 4.69) is 10.3 Å². The molecule has 0 aliphatic rings. The predicted molar refractivity (Wildman–Crippen MR) is 80.5 cm³/mol. The van der Waals surface area contributed by atoms with E-state index in [4.69, 9.17) is 0 Å². The fraction of sp³-hybridized carbons (Fsp3) is 0.333. The number of carbonyl (C=O) groups is 1. The van der Waals surface area contributed by atoms with Gasteiger partial charge in [0.05, 0.1) is 0 Å². The summed E-state index contributed by atoms with van der Waals surface area (Å²) in [6, 6.07) is 9.34. The van der Waals surface area contributed by atoms with Crippen molar-refractivity contribution in [3.8, 4) is 0 Å². The molecule has 0 radical (unpaired) electrons. The van der Waals surface area contributed by atoms with Crippen LogP contribution in [0, 0.1) is 0 Å². The van der Waals surface area contributed by atoms with Gasteiger partial charge in [0.2, 0.25) is 0 Å². The maximum Gasteiger partial charge on any atom is 0.354 e. The Hall–Kier alpha value is -2.14. The van der Waals surface area contributed by atoms with Crippen LogP contribution in [0.1, 0.15) is 16.9 Å². The summed E-state index contributed by atoms with van der Waals surface area (Å²) in [5, 5.41) is 14.1. The Labute approximate surface area is 118 Å². The molecule has 0 spiro atoms. The van der Waals surface area contributed by atoms with Crippen LogP contribution < -0.4 is 10.2 Å². The molecule has 20 heavy (non-hydrogen) atoms. The molecule has 0 saturated heterocycles. The van der Waals surface area contributed by atoms with Gasteiger partial charge in [0, 0.05) is 19.0 Å². The molecule has 5 heteroatoms. The number of carboxylic acids is 1. The van der Waals surface area contributed by atoms with Crippen LogP contribution >= 0.6 is 0 Å². The Morgan fingerprint density at radius 2 is 2.15 bits per heavy atom. The maximum absolute atomic E-state index is 11.2. The van der Waals surface area contributed by atoms with Gasteiger partial charge in [-0.2, -0.15) is 0 Å². The molecule has 1 aromatic carbocycles. The average molecular weight is 273 g/mol. The van der Waals surface area contributed by atoms with Gasteiger partial charge in [0.25, 0.3) is 0 Å². The first-order chi connectivity index (χ1) is 9.63. The summed E-state index contributed by atoms with van der Waals surface area (Å²) in [5.41, 5.74) is 0.0826. The Kier molecular flexibility index (Phi) is 4.53. The fourth-order valence-electron chi connectivity index (χ4n) is 2.18. The molecule has 1 aromatic heterocycles. The molecule has 2 aromatic rings. The fourth-order valence-corrected chi connectivity index (χ4v) is 2.18. The van der Waals surface area contributed by atoms with E-state index in [-0.39, 0.29) is 5.69 Å². The summed E-state index contributed by atoms with van der Waals surface area (Å²) in [5.74, 6) is -0.280. The third kappa shape index (κ3) is 3.05. The summed E-state index contributed by atoms with van der Waals surface area (Å²) < 4.78 is 0. The Morgan fingerprint density at radius 3 is 2.85 bits per heavy atom. The van der Waals surface area contributed by atoms with Gasteiger partial charge in [0.1, 0.15) is 5.82 Å². The number of nitrogens with one attached hydrogen (secondary N) is 1. The van der Waals surface area contributed by atoms with Gasteiger partial charge in [-0.15, -0.1) is 0 Å². The SMILES string of the molecule is CNCCCN(C)c1nc(C(=O)O)cc2ccccc12. The van der Waals surface area contributed by atoms with Gasteiger partial charge in [-0.05, 0) is 31.5 Å². The molecule has 0 atom stereocenters. The third-order valence-corrected chi connectivity index (χ3v) is 3.22. The highest BCUT2D eigenvalue weighted by Gasteiger charge is 2.13. The van der Waals surface area contributed by atoms with Gasteiger partial charge < -0.3 is 15.3 Å². The van der Waals surface area contributed by atoms with E-state index in [0.717, 1.165) is 36.1 Å². The first-order valence-electron chi connectivity index (χ1n) is 6.62. The summed E-state index contributed by atoms with van der Waals surface area (Å²) in [4.78, 5) is 17.5. The van der Waals surface area contributed by atoms with Gasteiger partial charge in [-0.25, -0.2) is 9.78 Å². The van der Waals surface area contributed by atoms with E-state index in [9.17, 15) is 9.90 Å². The number of hydrogen-bond donors (Lipinski definition) is 2. The number of benzene rings is 1. The van der Waals surface area contributed by atoms with E-state index < -0.39 is 5.97 Å². The smallest absolute Gasteiger partial charge is 0.354 e. The molecule has 0 unspecified atom stereocenters. The largest absolute Gasteiger partial charge is 0.477 e. The zero-order valence-corrected chi connectivity index (χ0v) is 11.8. The van der Waals surface area contributed by atoms with E-state index in [1.165, 1.54) is 0 Å². The van der Waals surface area contributed by atoms with Crippen LogP contribution in [0.15, 0.2) is 30.3 Å². The number of pyridine rings is 1. The van der Waals surface area contributed by atoms with Crippen LogP contribution in [0.3, 0.4) is 0 Å². The number of carboxylic acid groups (broad SMARTS) is 1. The molecule has 0 fully saturated rings. The van der Waals surface area contributed by atoms with Crippen molar-refractivity contribution in [2.24, 2.45) is 0 Å². The monoisotopic (exact) mass is 273 g/mol. The Morgan fingerprint density at radius 1 is 1.40 bits per heavy atom. The van der Waals surface area contributed by atoms with Gasteiger partial charge in [0.15, 0.2) is 5.69 Å². The van der Waals surface area contributed by atoms with Crippen LogP contribution in [0.25, 0.3) is 10.8 Å². The predicted octanol–water partition coefficient (Wildman–Crippen LogP) is 1.98. The number of aromatic carboxylic acids is 1. The van der Waals surface area contributed by atoms with E-state index in [1.807, 2.05) is 43.3 Å². The lowest BCUT2D eigenvalue weighted by Gasteiger charge is -2.20. The van der Waals surface area contributed by atoms with Crippen molar-refractivity contribution >= 4 is 22.6 Å². The highest BCUT2D eigenvalue weighted by Crippen LogP contribution is 2.25. The molecule has 0 bridgehead atoms. The Bertz CT molecular complexity index is 613. The maximum atomic E-state index is 11.2. The molecule has 0 aliphatic carbocycles. The molecule has 0 amide bonds. The minimum Gasteiger partial charge on any atom is -0.477 e. The lowest BCUT2D eigenvalue weighted by atomic mass is 10.1. The lowest BCUT2D eigenvalue weighted by molar-refractivity contribution is 0.0691. The second kappa shape index (κ2) is 6.34. The molecule has 106 valence electrons. The minimum atomic E-state index is -0.999. The zero-order chi connectivity index (χ0) is 14.5. The second-order valence-corrected chi connectivity index (χ2v) is 4.74. The molecular formula is C15H19N3O2. The standard InChI is InChI=1S/C15H19N3O2/c1-16-8-5-9-18(2)14-12-7-4-3-6-11(12)10-13(17-14)15(19)20/h3-4,6-7,10,16H,5,8-9H2,1-2H3,(H,19,20). The normalized spacial score (nSPS) is 10.7. The average Bonchev–Trinajstić information content (AvgIpc) is 2.46. The van der Waals surface area contributed by atoms with Crippen molar-refractivity contribution in [3.63, 3.8) is 0 Å². The Balaban J connectivity index is 2.41. The van der Waals surface area contributed by atoms with Crippen molar-refractivity contribution in [1.29, 1.82) is 0 Å². The topological polar surface area (TPSA) is 65.5 Å². The lowest BCUT2D eigenvalue weighted by Crippen LogP contribution is -2.24. The number of anilines is 1.